The van der Waals surface area contributed by atoms with E-state index in [1.807, 2.05) is 5.53 Å². The standard InChI is InChI=1S/C20H18F3N9O/c1-12-9-17(31(28-12)16-4-2-3-13(10-16)18(24)25)19(33)27-14-5-7-15(8-6-14)30-11-26-29-32(30)20(21,22)23/h2-11,29H,1H3,(H3,24,25)(H,27,33). The Balaban J connectivity index is 1.55. The van der Waals surface area contributed by atoms with Crippen molar-refractivity contribution >= 4 is 29.5 Å². The molecule has 1 aliphatic heterocycles. The lowest BCUT2D eigenvalue weighted by Crippen LogP contribution is -2.52. The zero-order valence-corrected chi connectivity index (χ0v) is 17.1. The number of anilines is 2. The summed E-state index contributed by atoms with van der Waals surface area (Å²) in [5.41, 5.74) is 9.81. The minimum absolute atomic E-state index is 0.0862. The van der Waals surface area contributed by atoms with Crippen LogP contribution in [0.3, 0.4) is 0 Å². The molecule has 5 N–H and O–H groups in total. The zero-order chi connectivity index (χ0) is 23.8. The third-order valence-electron chi connectivity index (χ3n) is 4.63. The molecule has 0 saturated heterocycles. The number of alkyl halides is 3. The summed E-state index contributed by atoms with van der Waals surface area (Å²) in [4.78, 5) is 12.9. The van der Waals surface area contributed by atoms with Crippen LogP contribution in [0.5, 0.6) is 0 Å². The molecule has 1 amide bonds. The molecule has 1 aromatic heterocycles. The monoisotopic (exact) mass is 457 g/mol. The highest BCUT2D eigenvalue weighted by atomic mass is 19.4. The number of hydrazine groups is 2. The van der Waals surface area contributed by atoms with E-state index in [0.29, 0.717) is 22.6 Å². The van der Waals surface area contributed by atoms with Gasteiger partial charge in [-0.1, -0.05) is 12.1 Å². The Morgan fingerprint density at radius 3 is 2.52 bits per heavy atom. The van der Waals surface area contributed by atoms with Crippen LogP contribution in [-0.2, 0) is 0 Å². The number of carbonyl (C=O) groups is 1. The number of nitrogen functional groups attached to an aromatic ring is 1. The topological polar surface area (TPSA) is 128 Å². The Morgan fingerprint density at radius 2 is 1.85 bits per heavy atom. The fourth-order valence-corrected chi connectivity index (χ4v) is 3.15. The summed E-state index contributed by atoms with van der Waals surface area (Å²) < 4.78 is 40.6. The second-order valence-electron chi connectivity index (χ2n) is 7.02. The maximum Gasteiger partial charge on any atom is 0.497 e. The van der Waals surface area contributed by atoms with Crippen LogP contribution < -0.4 is 21.6 Å². The van der Waals surface area contributed by atoms with E-state index in [1.165, 1.54) is 28.9 Å². The van der Waals surface area contributed by atoms with Crippen molar-refractivity contribution in [2.75, 3.05) is 10.3 Å². The van der Waals surface area contributed by atoms with Gasteiger partial charge < -0.3 is 11.1 Å². The number of aryl methyl sites for hydroxylation is 1. The first kappa shape index (κ1) is 21.8. The van der Waals surface area contributed by atoms with Crippen molar-refractivity contribution in [3.05, 3.63) is 71.5 Å². The Kier molecular flexibility index (Phi) is 5.47. The highest BCUT2D eigenvalue weighted by molar-refractivity contribution is 6.03. The minimum Gasteiger partial charge on any atom is -0.384 e. The van der Waals surface area contributed by atoms with Crippen molar-refractivity contribution in [2.24, 2.45) is 10.8 Å². The molecule has 0 atom stereocenters. The SMILES string of the molecule is Cc1cc(C(=O)Nc2ccc(N3C=NNN3C(F)(F)F)cc2)n(-c2cccc(C(=N)N)c2)n1. The molecule has 1 aliphatic rings. The first-order chi connectivity index (χ1) is 15.6. The summed E-state index contributed by atoms with van der Waals surface area (Å²) in [6.07, 6.45) is -3.70. The molecular formula is C20H18F3N9O. The Hall–Kier alpha value is -4.39. The molecular weight excluding hydrogens is 439 g/mol. The molecule has 0 saturated carbocycles. The molecule has 4 rings (SSSR count). The maximum absolute atomic E-state index is 13.0. The van der Waals surface area contributed by atoms with Crippen LogP contribution in [0.1, 0.15) is 21.7 Å². The van der Waals surface area contributed by atoms with E-state index in [2.05, 4.69) is 15.5 Å². The molecule has 170 valence electrons. The fourth-order valence-electron chi connectivity index (χ4n) is 3.15. The molecule has 0 radical (unpaired) electrons. The first-order valence-electron chi connectivity index (χ1n) is 9.51. The van der Waals surface area contributed by atoms with Gasteiger partial charge in [-0.15, -0.1) is 0 Å². The van der Waals surface area contributed by atoms with Crippen molar-refractivity contribution in [1.82, 2.24) is 20.4 Å². The lowest BCUT2D eigenvalue weighted by atomic mass is 10.2. The van der Waals surface area contributed by atoms with E-state index in [1.54, 1.807) is 37.3 Å². The number of halogens is 3. The van der Waals surface area contributed by atoms with Gasteiger partial charge in [0.05, 0.1) is 17.1 Å². The van der Waals surface area contributed by atoms with Crippen molar-refractivity contribution in [1.29, 1.82) is 5.41 Å². The Labute approximate surface area is 185 Å². The number of nitrogens with one attached hydrogen (secondary N) is 3. The second kappa shape index (κ2) is 8.27. The number of carbonyl (C=O) groups excluding carboxylic acids is 1. The molecule has 0 spiro atoms. The van der Waals surface area contributed by atoms with E-state index in [0.717, 1.165) is 11.3 Å². The van der Waals surface area contributed by atoms with E-state index in [9.17, 15) is 18.0 Å². The lowest BCUT2D eigenvalue weighted by Gasteiger charge is -2.27. The molecule has 2 heterocycles. The predicted molar refractivity (Wildman–Crippen MR) is 116 cm³/mol. The second-order valence-corrected chi connectivity index (χ2v) is 7.02. The largest absolute Gasteiger partial charge is 0.497 e. The number of nitrogens with two attached hydrogens (primary N) is 1. The van der Waals surface area contributed by atoms with E-state index in [4.69, 9.17) is 11.1 Å². The van der Waals surface area contributed by atoms with Gasteiger partial charge in [0, 0.05) is 11.3 Å². The number of benzene rings is 2. The molecule has 0 unspecified atom stereocenters. The van der Waals surface area contributed by atoms with Gasteiger partial charge in [-0.05, 0) is 54.5 Å². The highest BCUT2D eigenvalue weighted by Crippen LogP contribution is 2.28. The van der Waals surface area contributed by atoms with Crippen LogP contribution in [0, 0.1) is 12.3 Å². The third-order valence-corrected chi connectivity index (χ3v) is 4.63. The number of amides is 1. The number of rotatable bonds is 5. The van der Waals surface area contributed by atoms with E-state index in [-0.39, 0.29) is 22.3 Å². The van der Waals surface area contributed by atoms with Gasteiger partial charge in [-0.2, -0.15) is 23.4 Å². The van der Waals surface area contributed by atoms with Crippen molar-refractivity contribution in [2.45, 2.75) is 13.2 Å². The van der Waals surface area contributed by atoms with Gasteiger partial charge in [0.1, 0.15) is 17.9 Å². The molecule has 13 heteroatoms. The van der Waals surface area contributed by atoms with Crippen LogP contribution in [-0.4, -0.2) is 39.3 Å². The van der Waals surface area contributed by atoms with Gasteiger partial charge in [-0.25, -0.2) is 15.2 Å². The van der Waals surface area contributed by atoms with Crippen LogP contribution in [0.4, 0.5) is 24.5 Å². The number of hydrazone groups is 1. The van der Waals surface area contributed by atoms with Crippen LogP contribution in [0.25, 0.3) is 5.69 Å². The number of nitrogens with zero attached hydrogens (tertiary/aromatic N) is 5. The highest BCUT2D eigenvalue weighted by Gasteiger charge is 2.44. The number of aromatic nitrogens is 2. The summed E-state index contributed by atoms with van der Waals surface area (Å²) in [5.74, 6) is -0.591. The van der Waals surface area contributed by atoms with Gasteiger partial charge >= 0.3 is 6.30 Å². The van der Waals surface area contributed by atoms with Crippen LogP contribution in [0.15, 0.2) is 59.7 Å². The lowest BCUT2D eigenvalue weighted by molar-refractivity contribution is -0.259. The van der Waals surface area contributed by atoms with Crippen LogP contribution >= 0.6 is 0 Å². The molecule has 3 aromatic rings. The molecule has 33 heavy (non-hydrogen) atoms. The van der Waals surface area contributed by atoms with Crippen molar-refractivity contribution in [3.8, 4) is 5.69 Å². The smallest absolute Gasteiger partial charge is 0.384 e. The van der Waals surface area contributed by atoms with Crippen molar-refractivity contribution in [3.63, 3.8) is 0 Å². The molecule has 0 fully saturated rings. The predicted octanol–water partition coefficient (Wildman–Crippen LogP) is 2.72. The number of hydrogen-bond donors (Lipinski definition) is 4. The van der Waals surface area contributed by atoms with Gasteiger partial charge in [0.15, 0.2) is 0 Å². The quantitative estimate of drug-likeness (QED) is 0.265. The summed E-state index contributed by atoms with van der Waals surface area (Å²) >= 11 is 0. The Morgan fingerprint density at radius 1 is 1.12 bits per heavy atom. The van der Waals surface area contributed by atoms with Crippen LogP contribution in [0.2, 0.25) is 0 Å². The summed E-state index contributed by atoms with van der Waals surface area (Å²) in [6.45, 7) is 1.73. The number of hydrogen-bond acceptors (Lipinski definition) is 7. The van der Waals surface area contributed by atoms with Gasteiger partial charge in [0.2, 0.25) is 0 Å². The number of amidine groups is 1. The fraction of sp³-hybridized carbons (Fsp3) is 0.100. The average Bonchev–Trinajstić information content (AvgIpc) is 3.41. The molecule has 0 bridgehead atoms. The Bertz CT molecular complexity index is 1230. The average molecular weight is 457 g/mol. The van der Waals surface area contributed by atoms with Gasteiger partial charge in [0.25, 0.3) is 5.91 Å². The minimum atomic E-state index is -4.68. The maximum atomic E-state index is 13.0. The zero-order valence-electron chi connectivity index (χ0n) is 17.1. The molecule has 2 aromatic carbocycles. The molecule has 0 aliphatic carbocycles. The third kappa shape index (κ3) is 4.48. The van der Waals surface area contributed by atoms with E-state index < -0.39 is 12.2 Å². The summed E-state index contributed by atoms with van der Waals surface area (Å²) in [7, 11) is 0. The van der Waals surface area contributed by atoms with E-state index >= 15 is 0 Å². The van der Waals surface area contributed by atoms with Gasteiger partial charge in [-0.3, -0.25) is 10.2 Å². The molecule has 10 nitrogen and oxygen atoms in total. The summed E-state index contributed by atoms with van der Waals surface area (Å²) in [5, 5.41) is 18.8. The van der Waals surface area contributed by atoms with Crippen molar-refractivity contribution < 1.29 is 18.0 Å². The normalized spacial score (nSPS) is 13.8. The summed E-state index contributed by atoms with van der Waals surface area (Å²) in [6, 6.07) is 14.1. The first-order valence-corrected chi connectivity index (χ1v) is 9.51.